The maximum absolute atomic E-state index is 13.4. The van der Waals surface area contributed by atoms with Crippen molar-refractivity contribution in [3.05, 3.63) is 60.2 Å². The van der Waals surface area contributed by atoms with Gasteiger partial charge in [0.05, 0.1) is 24.6 Å². The van der Waals surface area contributed by atoms with E-state index in [-0.39, 0.29) is 41.9 Å². The van der Waals surface area contributed by atoms with Crippen LogP contribution in [0.2, 0.25) is 0 Å². The van der Waals surface area contributed by atoms with Gasteiger partial charge >= 0.3 is 5.97 Å². The Hall–Kier alpha value is -3.68. The number of hydrogen-bond acceptors (Lipinski definition) is 6. The first-order valence-electron chi connectivity index (χ1n) is 12.0. The molecule has 3 aliphatic rings. The number of rotatable bonds is 8. The quantitative estimate of drug-likeness (QED) is 0.464. The number of hydrogen-bond donors (Lipinski definition) is 1. The number of esters is 1. The number of fused-ring (bicyclic) bond motifs is 5. The van der Waals surface area contributed by atoms with E-state index in [4.69, 9.17) is 9.47 Å². The van der Waals surface area contributed by atoms with E-state index in [1.54, 1.807) is 24.3 Å². The van der Waals surface area contributed by atoms with Gasteiger partial charge in [0.1, 0.15) is 11.8 Å². The molecule has 1 N–H and O–H groups in total. The van der Waals surface area contributed by atoms with Gasteiger partial charge < -0.3 is 14.8 Å². The van der Waals surface area contributed by atoms with Crippen LogP contribution in [-0.2, 0) is 30.3 Å². The second kappa shape index (κ2) is 9.52. The maximum Gasteiger partial charge on any atom is 0.330 e. The molecule has 2 bridgehead atoms. The van der Waals surface area contributed by atoms with Crippen LogP contribution in [0.5, 0.6) is 5.75 Å². The standard InChI is InChI=1S/C27H28N2O6/c1-34-21-10-6-5-9-19(21)28-22(30)15-35-27(33)20(13-16-7-3-2-4-8-16)29-25(31)23-17-11-12-18(14-17)24(23)26(29)32/h2-10,17-18,20,23-24H,11-15H2,1H3,(H,28,30)/t17-,18-,20-,23-,24+/m0/s1. The first-order chi connectivity index (χ1) is 17.0. The fraction of sp³-hybridized carbons (Fsp3) is 0.407. The Labute approximate surface area is 203 Å². The minimum absolute atomic E-state index is 0.139. The number of carbonyl (C=O) groups excluding carboxylic acids is 4. The minimum atomic E-state index is -1.11. The molecule has 8 heteroatoms. The summed E-state index contributed by atoms with van der Waals surface area (Å²) in [6.07, 6.45) is 2.96. The lowest BCUT2D eigenvalue weighted by molar-refractivity contribution is -0.160. The molecule has 1 heterocycles. The normalized spacial score (nSPS) is 25.3. The van der Waals surface area contributed by atoms with Crippen LogP contribution in [0.3, 0.4) is 0 Å². The van der Waals surface area contributed by atoms with Crippen molar-refractivity contribution in [3.8, 4) is 5.75 Å². The molecule has 1 aliphatic heterocycles. The summed E-state index contributed by atoms with van der Waals surface area (Å²) < 4.78 is 10.6. The van der Waals surface area contributed by atoms with Gasteiger partial charge in [-0.15, -0.1) is 0 Å². The SMILES string of the molecule is COc1ccccc1NC(=O)COC(=O)[C@H](Cc1ccccc1)N1C(=O)[C@@H]2[C@H]3CC[C@@H](C3)[C@@H]2C1=O. The van der Waals surface area contributed by atoms with Crippen molar-refractivity contribution in [3.63, 3.8) is 0 Å². The first-order valence-corrected chi connectivity index (χ1v) is 12.0. The predicted molar refractivity (Wildman–Crippen MR) is 126 cm³/mol. The van der Waals surface area contributed by atoms with E-state index >= 15 is 0 Å². The molecule has 0 radical (unpaired) electrons. The summed E-state index contributed by atoms with van der Waals surface area (Å²) in [7, 11) is 1.49. The van der Waals surface area contributed by atoms with Crippen LogP contribution in [-0.4, -0.2) is 48.3 Å². The Balaban J connectivity index is 1.32. The summed E-state index contributed by atoms with van der Waals surface area (Å²) in [5, 5.41) is 2.66. The van der Waals surface area contributed by atoms with E-state index in [0.29, 0.717) is 11.4 Å². The van der Waals surface area contributed by atoms with Crippen molar-refractivity contribution in [2.24, 2.45) is 23.7 Å². The highest BCUT2D eigenvalue weighted by atomic mass is 16.5. The van der Waals surface area contributed by atoms with Gasteiger partial charge in [-0.3, -0.25) is 19.3 Å². The van der Waals surface area contributed by atoms with Gasteiger partial charge in [-0.2, -0.15) is 0 Å². The number of nitrogens with one attached hydrogen (secondary N) is 1. The summed E-state index contributed by atoms with van der Waals surface area (Å²) in [5.74, 6) is -1.62. The van der Waals surface area contributed by atoms with Crippen LogP contribution in [0.1, 0.15) is 24.8 Å². The molecule has 8 nitrogen and oxygen atoms in total. The zero-order chi connectivity index (χ0) is 24.5. The molecule has 2 saturated carbocycles. The molecule has 5 atom stereocenters. The van der Waals surface area contributed by atoms with Gasteiger partial charge in [-0.05, 0) is 48.8 Å². The summed E-state index contributed by atoms with van der Waals surface area (Å²) in [6.45, 7) is -0.545. The number of ether oxygens (including phenoxy) is 2. The van der Waals surface area contributed by atoms with Gasteiger partial charge in [-0.25, -0.2) is 4.79 Å². The Kier molecular flexibility index (Phi) is 6.28. The van der Waals surface area contributed by atoms with Gasteiger partial charge in [0, 0.05) is 6.42 Å². The lowest BCUT2D eigenvalue weighted by Gasteiger charge is -2.26. The topological polar surface area (TPSA) is 102 Å². The molecular weight excluding hydrogens is 448 g/mol. The van der Waals surface area contributed by atoms with E-state index in [2.05, 4.69) is 5.32 Å². The molecule has 5 rings (SSSR count). The average molecular weight is 477 g/mol. The minimum Gasteiger partial charge on any atom is -0.495 e. The number of methoxy groups -OCH3 is 1. The molecule has 2 aromatic carbocycles. The largest absolute Gasteiger partial charge is 0.495 e. The molecule has 182 valence electrons. The highest BCUT2D eigenvalue weighted by Gasteiger charge is 2.62. The Morgan fingerprint density at radius 1 is 0.971 bits per heavy atom. The first kappa shape index (κ1) is 23.1. The van der Waals surface area contributed by atoms with Crippen LogP contribution >= 0.6 is 0 Å². The Morgan fingerprint density at radius 2 is 1.60 bits per heavy atom. The fourth-order valence-corrected chi connectivity index (χ4v) is 6.02. The summed E-state index contributed by atoms with van der Waals surface area (Å²) >= 11 is 0. The van der Waals surface area contributed by atoms with E-state index in [9.17, 15) is 19.2 Å². The number of carbonyl (C=O) groups is 4. The molecule has 2 aliphatic carbocycles. The third-order valence-corrected chi connectivity index (χ3v) is 7.54. The molecule has 3 amide bonds. The lowest BCUT2D eigenvalue weighted by atomic mass is 9.81. The third kappa shape index (κ3) is 4.29. The number of benzene rings is 2. The van der Waals surface area contributed by atoms with Gasteiger partial charge in [-0.1, -0.05) is 42.5 Å². The zero-order valence-corrected chi connectivity index (χ0v) is 19.5. The van der Waals surface area contributed by atoms with E-state index in [0.717, 1.165) is 29.7 Å². The zero-order valence-electron chi connectivity index (χ0n) is 19.5. The molecule has 0 spiro atoms. The summed E-state index contributed by atoms with van der Waals surface area (Å²) in [5.41, 5.74) is 1.25. The van der Waals surface area contributed by atoms with Crippen LogP contribution in [0.4, 0.5) is 5.69 Å². The third-order valence-electron chi connectivity index (χ3n) is 7.54. The monoisotopic (exact) mass is 476 g/mol. The van der Waals surface area contributed by atoms with E-state index in [1.165, 1.54) is 7.11 Å². The maximum atomic E-state index is 13.4. The average Bonchev–Trinajstić information content (AvgIpc) is 3.56. The van der Waals surface area contributed by atoms with Gasteiger partial charge in [0.2, 0.25) is 11.8 Å². The molecule has 1 saturated heterocycles. The van der Waals surface area contributed by atoms with Gasteiger partial charge in [0.25, 0.3) is 5.91 Å². The summed E-state index contributed by atoms with van der Waals surface area (Å²) in [6, 6.07) is 15.0. The molecule has 2 aromatic rings. The van der Waals surface area contributed by atoms with Crippen LogP contribution in [0, 0.1) is 23.7 Å². The van der Waals surface area contributed by atoms with E-state index in [1.807, 2.05) is 30.3 Å². The number of nitrogens with zero attached hydrogens (tertiary/aromatic N) is 1. The van der Waals surface area contributed by atoms with Crippen molar-refractivity contribution < 1.29 is 28.7 Å². The molecular formula is C27H28N2O6. The highest BCUT2D eigenvalue weighted by molar-refractivity contribution is 6.08. The molecule has 3 fully saturated rings. The van der Waals surface area contributed by atoms with Crippen molar-refractivity contribution in [1.29, 1.82) is 0 Å². The molecule has 0 aromatic heterocycles. The van der Waals surface area contributed by atoms with Crippen molar-refractivity contribution in [2.75, 3.05) is 19.0 Å². The van der Waals surface area contributed by atoms with Gasteiger partial charge in [0.15, 0.2) is 6.61 Å². The Bertz CT molecular complexity index is 1120. The predicted octanol–water partition coefficient (Wildman–Crippen LogP) is 2.82. The Morgan fingerprint density at radius 3 is 2.26 bits per heavy atom. The van der Waals surface area contributed by atoms with Crippen molar-refractivity contribution in [1.82, 2.24) is 4.90 Å². The van der Waals surface area contributed by atoms with Crippen molar-refractivity contribution in [2.45, 2.75) is 31.7 Å². The lowest BCUT2D eigenvalue weighted by Crippen LogP contribution is -2.48. The fourth-order valence-electron chi connectivity index (χ4n) is 6.02. The number of imide groups is 1. The molecule has 0 unspecified atom stereocenters. The number of para-hydroxylation sites is 2. The number of amides is 3. The van der Waals surface area contributed by atoms with E-state index < -0.39 is 24.5 Å². The highest BCUT2D eigenvalue weighted by Crippen LogP contribution is 2.56. The van der Waals surface area contributed by atoms with Crippen LogP contribution < -0.4 is 10.1 Å². The smallest absolute Gasteiger partial charge is 0.330 e. The van der Waals surface area contributed by atoms with Crippen LogP contribution in [0.15, 0.2) is 54.6 Å². The van der Waals surface area contributed by atoms with Crippen molar-refractivity contribution >= 4 is 29.4 Å². The molecule has 35 heavy (non-hydrogen) atoms. The summed E-state index contributed by atoms with van der Waals surface area (Å²) in [4.78, 5) is 53.6. The number of anilines is 1. The second-order valence-electron chi connectivity index (χ2n) is 9.49. The van der Waals surface area contributed by atoms with Crippen LogP contribution in [0.25, 0.3) is 0 Å². The second-order valence-corrected chi connectivity index (χ2v) is 9.49. The number of likely N-dealkylation sites (tertiary alicyclic amines) is 1.